The van der Waals surface area contributed by atoms with Crippen molar-refractivity contribution >= 4 is 50.1 Å². The summed E-state index contributed by atoms with van der Waals surface area (Å²) in [7, 11) is -3.86. The normalized spacial score (nSPS) is 12.8. The van der Waals surface area contributed by atoms with E-state index in [-0.39, 0.29) is 24.6 Å². The van der Waals surface area contributed by atoms with E-state index in [4.69, 9.17) is 0 Å². The zero-order chi connectivity index (χ0) is 28.6. The molecule has 2 atom stereocenters. The first-order valence-corrected chi connectivity index (χ1v) is 15.5. The lowest BCUT2D eigenvalue weighted by atomic mass is 10.0. The molecule has 39 heavy (non-hydrogen) atoms. The van der Waals surface area contributed by atoms with Crippen LogP contribution in [0.5, 0.6) is 0 Å². The highest BCUT2D eigenvalue weighted by Gasteiger charge is 2.33. The molecule has 10 heteroatoms. The van der Waals surface area contributed by atoms with Gasteiger partial charge in [0, 0.05) is 28.1 Å². The summed E-state index contributed by atoms with van der Waals surface area (Å²) >= 11 is 2.11. The summed E-state index contributed by atoms with van der Waals surface area (Å²) in [5.41, 5.74) is 1.35. The quantitative estimate of drug-likeness (QED) is 0.283. The van der Waals surface area contributed by atoms with Crippen LogP contribution in [0.2, 0.25) is 0 Å². The number of carbonyl (C=O) groups excluding carboxylic acids is 2. The van der Waals surface area contributed by atoms with E-state index in [1.165, 1.54) is 11.0 Å². The smallest absolute Gasteiger partial charge is 0.244 e. The number of hydrogen-bond donors (Lipinski definition) is 1. The largest absolute Gasteiger partial charge is 0.352 e. The predicted molar refractivity (Wildman–Crippen MR) is 160 cm³/mol. The van der Waals surface area contributed by atoms with Crippen LogP contribution in [0, 0.1) is 9.39 Å². The van der Waals surface area contributed by atoms with E-state index >= 15 is 0 Å². The Morgan fingerprint density at radius 2 is 1.59 bits per heavy atom. The Labute approximate surface area is 243 Å². The number of amides is 2. The van der Waals surface area contributed by atoms with Crippen LogP contribution < -0.4 is 9.62 Å². The first-order chi connectivity index (χ1) is 18.5. The van der Waals surface area contributed by atoms with Gasteiger partial charge in [-0.1, -0.05) is 55.5 Å². The summed E-state index contributed by atoms with van der Waals surface area (Å²) < 4.78 is 42.2. The molecule has 3 rings (SSSR count). The van der Waals surface area contributed by atoms with Crippen molar-refractivity contribution in [3.63, 3.8) is 0 Å². The minimum atomic E-state index is -3.86. The first-order valence-electron chi connectivity index (χ1n) is 12.6. The SMILES string of the molecule is CC[C@H](C)NC(=O)[C@H](Cc1ccccc1)N(Cc1ccccc1F)C(=O)CN(c1ccc(I)cc1)S(C)(=O)=O. The molecule has 1 N–H and O–H groups in total. The molecule has 0 aliphatic carbocycles. The fraction of sp³-hybridized carbons (Fsp3) is 0.310. The third kappa shape index (κ3) is 8.76. The number of rotatable bonds is 12. The van der Waals surface area contributed by atoms with Crippen LogP contribution in [0.25, 0.3) is 0 Å². The maximum Gasteiger partial charge on any atom is 0.244 e. The van der Waals surface area contributed by atoms with Gasteiger partial charge >= 0.3 is 0 Å². The Kier molecular flexibility index (Phi) is 10.9. The van der Waals surface area contributed by atoms with E-state index < -0.39 is 40.2 Å². The van der Waals surface area contributed by atoms with Gasteiger partial charge in [0.2, 0.25) is 21.8 Å². The molecule has 0 radical (unpaired) electrons. The standard InChI is InChI=1S/C29H33FIN3O4S/c1-4-21(2)32-29(36)27(18-22-10-6-5-7-11-22)33(19-23-12-8-9-13-26(23)30)28(35)20-34(39(3,37)38)25-16-14-24(31)15-17-25/h5-17,21,27H,4,18-20H2,1-3H3,(H,32,36)/t21-,27-/m0/s1. The Balaban J connectivity index is 2.06. The fourth-order valence-electron chi connectivity index (χ4n) is 4.03. The van der Waals surface area contributed by atoms with Crippen LogP contribution in [-0.2, 0) is 32.6 Å². The molecule has 0 aliphatic rings. The molecule has 0 bridgehead atoms. The molecular weight excluding hydrogens is 632 g/mol. The van der Waals surface area contributed by atoms with Gasteiger partial charge in [-0.15, -0.1) is 0 Å². The third-order valence-corrected chi connectivity index (χ3v) is 8.22. The number of benzene rings is 3. The minimum absolute atomic E-state index is 0.152. The van der Waals surface area contributed by atoms with Crippen molar-refractivity contribution in [2.24, 2.45) is 0 Å². The summed E-state index contributed by atoms with van der Waals surface area (Å²) in [4.78, 5) is 28.8. The summed E-state index contributed by atoms with van der Waals surface area (Å²) in [6.07, 6.45) is 1.88. The highest BCUT2D eigenvalue weighted by Crippen LogP contribution is 2.22. The molecular formula is C29H33FIN3O4S. The van der Waals surface area contributed by atoms with Crippen LogP contribution in [-0.4, -0.2) is 50.0 Å². The van der Waals surface area contributed by atoms with Crippen molar-refractivity contribution in [2.45, 2.75) is 45.3 Å². The molecule has 3 aromatic rings. The molecule has 0 heterocycles. The van der Waals surface area contributed by atoms with Crippen molar-refractivity contribution in [1.82, 2.24) is 10.2 Å². The molecule has 3 aromatic carbocycles. The van der Waals surface area contributed by atoms with Gasteiger partial charge in [0.05, 0.1) is 11.9 Å². The summed E-state index contributed by atoms with van der Waals surface area (Å²) in [5, 5.41) is 2.95. The minimum Gasteiger partial charge on any atom is -0.352 e. The van der Waals surface area contributed by atoms with Gasteiger partial charge in [-0.25, -0.2) is 12.8 Å². The van der Waals surface area contributed by atoms with Crippen molar-refractivity contribution in [3.05, 3.63) is 99.4 Å². The number of anilines is 1. The molecule has 0 spiro atoms. The molecule has 208 valence electrons. The van der Waals surface area contributed by atoms with Crippen LogP contribution >= 0.6 is 22.6 Å². The number of hydrogen-bond acceptors (Lipinski definition) is 4. The van der Waals surface area contributed by atoms with E-state index in [0.29, 0.717) is 12.1 Å². The van der Waals surface area contributed by atoms with E-state index in [2.05, 4.69) is 27.9 Å². The molecule has 0 unspecified atom stereocenters. The molecule has 7 nitrogen and oxygen atoms in total. The van der Waals surface area contributed by atoms with E-state index in [9.17, 15) is 22.4 Å². The van der Waals surface area contributed by atoms with Gasteiger partial charge in [-0.05, 0) is 71.8 Å². The zero-order valence-electron chi connectivity index (χ0n) is 22.2. The lowest BCUT2D eigenvalue weighted by molar-refractivity contribution is -0.140. The Hall–Kier alpha value is -2.99. The van der Waals surface area contributed by atoms with Gasteiger partial charge in [0.15, 0.2) is 0 Å². The molecule has 0 saturated heterocycles. The van der Waals surface area contributed by atoms with Crippen molar-refractivity contribution < 1.29 is 22.4 Å². The van der Waals surface area contributed by atoms with Crippen molar-refractivity contribution in [3.8, 4) is 0 Å². The average molecular weight is 666 g/mol. The summed E-state index contributed by atoms with van der Waals surface area (Å²) in [6.45, 7) is 3.05. The Bertz CT molecular complexity index is 1370. The number of nitrogens with one attached hydrogen (secondary N) is 1. The van der Waals surface area contributed by atoms with Gasteiger partial charge < -0.3 is 10.2 Å². The van der Waals surface area contributed by atoms with Crippen LogP contribution in [0.15, 0.2) is 78.9 Å². The maximum absolute atomic E-state index is 14.8. The van der Waals surface area contributed by atoms with Crippen LogP contribution in [0.3, 0.4) is 0 Å². The second-order valence-electron chi connectivity index (χ2n) is 9.38. The second-order valence-corrected chi connectivity index (χ2v) is 12.5. The van der Waals surface area contributed by atoms with E-state index in [1.54, 1.807) is 42.5 Å². The Morgan fingerprint density at radius 1 is 0.974 bits per heavy atom. The summed E-state index contributed by atoms with van der Waals surface area (Å²) in [5.74, 6) is -1.53. The van der Waals surface area contributed by atoms with Gasteiger partial charge in [-0.2, -0.15) is 0 Å². The predicted octanol–water partition coefficient (Wildman–Crippen LogP) is 4.75. The zero-order valence-corrected chi connectivity index (χ0v) is 25.2. The number of halogens is 2. The fourth-order valence-corrected chi connectivity index (χ4v) is 5.24. The molecule has 0 saturated carbocycles. The van der Waals surface area contributed by atoms with Crippen molar-refractivity contribution in [1.29, 1.82) is 0 Å². The highest BCUT2D eigenvalue weighted by atomic mass is 127. The first kappa shape index (κ1) is 30.6. The summed E-state index contributed by atoms with van der Waals surface area (Å²) in [6, 6.07) is 20.8. The Morgan fingerprint density at radius 3 is 2.18 bits per heavy atom. The number of carbonyl (C=O) groups is 2. The van der Waals surface area contributed by atoms with E-state index in [0.717, 1.165) is 19.7 Å². The second kappa shape index (κ2) is 13.9. The topological polar surface area (TPSA) is 86.8 Å². The van der Waals surface area contributed by atoms with Gasteiger partial charge in [0.1, 0.15) is 18.4 Å². The van der Waals surface area contributed by atoms with Crippen LogP contribution in [0.1, 0.15) is 31.4 Å². The molecule has 2 amide bonds. The lowest BCUT2D eigenvalue weighted by Crippen LogP contribution is -2.54. The van der Waals surface area contributed by atoms with E-state index in [1.807, 2.05) is 44.2 Å². The molecule has 0 aromatic heterocycles. The number of nitrogens with zero attached hydrogens (tertiary/aromatic N) is 2. The highest BCUT2D eigenvalue weighted by molar-refractivity contribution is 14.1. The average Bonchev–Trinajstić information content (AvgIpc) is 2.90. The van der Waals surface area contributed by atoms with Crippen LogP contribution in [0.4, 0.5) is 10.1 Å². The third-order valence-electron chi connectivity index (χ3n) is 6.36. The van der Waals surface area contributed by atoms with Gasteiger partial charge in [0.25, 0.3) is 0 Å². The molecule has 0 aliphatic heterocycles. The lowest BCUT2D eigenvalue weighted by Gasteiger charge is -2.34. The molecule has 0 fully saturated rings. The maximum atomic E-state index is 14.8. The number of sulfonamides is 1. The van der Waals surface area contributed by atoms with Gasteiger partial charge in [-0.3, -0.25) is 13.9 Å². The van der Waals surface area contributed by atoms with Crippen molar-refractivity contribution in [2.75, 3.05) is 17.1 Å². The monoisotopic (exact) mass is 665 g/mol.